The summed E-state index contributed by atoms with van der Waals surface area (Å²) in [6.07, 6.45) is 0. The van der Waals surface area contributed by atoms with Crippen LogP contribution in [0.3, 0.4) is 0 Å². The zero-order chi connectivity index (χ0) is 18.0. The molecule has 1 aliphatic heterocycles. The molecule has 2 aromatic carbocycles. The number of allylic oxidation sites excluding steroid dienone is 1. The molecule has 1 unspecified atom stereocenters. The lowest BCUT2D eigenvalue weighted by molar-refractivity contribution is -0.136. The zero-order valence-corrected chi connectivity index (χ0v) is 15.2. The summed E-state index contributed by atoms with van der Waals surface area (Å²) >= 11 is 5.32. The molecule has 0 radical (unpaired) electrons. The highest BCUT2D eigenvalue weighted by molar-refractivity contribution is 7.80. The molecule has 2 aromatic rings. The van der Waals surface area contributed by atoms with Gasteiger partial charge in [0.2, 0.25) is 0 Å². The van der Waals surface area contributed by atoms with E-state index in [1.165, 1.54) is 7.11 Å². The molecule has 0 aliphatic carbocycles. The Hall–Kier alpha value is -2.60. The number of fused-ring (bicyclic) bond motifs is 1. The molecule has 1 heterocycles. The predicted octanol–water partition coefficient (Wildman–Crippen LogP) is 3.20. The maximum Gasteiger partial charge on any atom is 0.337 e. The molecule has 0 spiro atoms. The normalized spacial score (nSPS) is 17.1. The summed E-state index contributed by atoms with van der Waals surface area (Å²) in [6, 6.07) is 11.5. The molecule has 5 nitrogen and oxygen atoms in total. The number of benzene rings is 2. The van der Waals surface area contributed by atoms with Crippen LogP contribution >= 0.6 is 12.2 Å². The maximum absolute atomic E-state index is 12.4. The molecule has 0 bridgehead atoms. The first kappa shape index (κ1) is 17.2. The first-order valence-corrected chi connectivity index (χ1v) is 8.48. The standard InChI is InChI=1S/C19H20N2O3S/c1-4-24-14-10-9-12-7-5-6-8-13(12)16(14)17-15(18(22)23-3)11(2)20-19(25)21-17/h5-10,17H,4H2,1-3H3,(H2,20,21,25). The van der Waals surface area contributed by atoms with Crippen LogP contribution in [0, 0.1) is 0 Å². The Kier molecular flexibility index (Phi) is 4.90. The lowest BCUT2D eigenvalue weighted by atomic mass is 9.90. The fraction of sp³-hybridized carbons (Fsp3) is 0.263. The van der Waals surface area contributed by atoms with E-state index in [9.17, 15) is 4.79 Å². The molecule has 6 heteroatoms. The number of rotatable bonds is 4. The summed E-state index contributed by atoms with van der Waals surface area (Å²) in [7, 11) is 1.37. The maximum atomic E-state index is 12.4. The molecule has 3 rings (SSSR count). The number of hydrogen-bond acceptors (Lipinski definition) is 4. The Labute approximate surface area is 152 Å². The molecule has 0 saturated heterocycles. The molecule has 0 amide bonds. The highest BCUT2D eigenvalue weighted by Gasteiger charge is 2.33. The number of ether oxygens (including phenoxy) is 2. The molecule has 2 N–H and O–H groups in total. The van der Waals surface area contributed by atoms with Crippen LogP contribution in [-0.2, 0) is 9.53 Å². The zero-order valence-electron chi connectivity index (χ0n) is 14.4. The van der Waals surface area contributed by atoms with Gasteiger partial charge >= 0.3 is 5.97 Å². The molecular weight excluding hydrogens is 336 g/mol. The predicted molar refractivity (Wildman–Crippen MR) is 101 cm³/mol. The van der Waals surface area contributed by atoms with Crippen molar-refractivity contribution in [1.29, 1.82) is 0 Å². The smallest absolute Gasteiger partial charge is 0.337 e. The Morgan fingerprint density at radius 2 is 2.00 bits per heavy atom. The molecule has 1 aliphatic rings. The summed E-state index contributed by atoms with van der Waals surface area (Å²) in [5.74, 6) is 0.318. The summed E-state index contributed by atoms with van der Waals surface area (Å²) in [5, 5.41) is 8.73. The number of hydrogen-bond donors (Lipinski definition) is 2. The molecule has 0 fully saturated rings. The second-order valence-corrected chi connectivity index (χ2v) is 6.10. The van der Waals surface area contributed by atoms with Crippen molar-refractivity contribution >= 4 is 34.1 Å². The van der Waals surface area contributed by atoms with Crippen LogP contribution in [-0.4, -0.2) is 24.8 Å². The summed E-state index contributed by atoms with van der Waals surface area (Å²) < 4.78 is 10.9. The largest absolute Gasteiger partial charge is 0.493 e. The Balaban J connectivity index is 2.28. The first-order chi connectivity index (χ1) is 12.1. The van der Waals surface area contributed by atoms with Gasteiger partial charge in [-0.15, -0.1) is 0 Å². The SMILES string of the molecule is CCOc1ccc2ccccc2c1C1NC(=S)NC(C)=C1C(=O)OC. The number of carbonyl (C=O) groups excluding carboxylic acids is 1. The van der Waals surface area contributed by atoms with Gasteiger partial charge in [0, 0.05) is 11.3 Å². The van der Waals surface area contributed by atoms with Crippen LogP contribution in [0.25, 0.3) is 10.8 Å². The third kappa shape index (κ3) is 3.17. The number of nitrogens with one attached hydrogen (secondary N) is 2. The van der Waals surface area contributed by atoms with Gasteiger partial charge in [0.15, 0.2) is 5.11 Å². The van der Waals surface area contributed by atoms with Crippen LogP contribution in [0.5, 0.6) is 5.75 Å². The number of methoxy groups -OCH3 is 1. The lowest BCUT2D eigenvalue weighted by Gasteiger charge is -2.31. The molecular formula is C19H20N2O3S. The van der Waals surface area contributed by atoms with Crippen molar-refractivity contribution < 1.29 is 14.3 Å². The van der Waals surface area contributed by atoms with Gasteiger partial charge in [0.1, 0.15) is 5.75 Å². The summed E-state index contributed by atoms with van der Waals surface area (Å²) in [4.78, 5) is 12.4. The third-order valence-electron chi connectivity index (χ3n) is 4.19. The van der Waals surface area contributed by atoms with Crippen LogP contribution in [0.1, 0.15) is 25.5 Å². The number of esters is 1. The molecule has 25 heavy (non-hydrogen) atoms. The average Bonchev–Trinajstić information content (AvgIpc) is 2.60. The monoisotopic (exact) mass is 356 g/mol. The minimum Gasteiger partial charge on any atom is -0.493 e. The van der Waals surface area contributed by atoms with Crippen LogP contribution in [0.15, 0.2) is 47.7 Å². The van der Waals surface area contributed by atoms with Gasteiger partial charge in [-0.2, -0.15) is 0 Å². The van der Waals surface area contributed by atoms with Gasteiger partial charge in [-0.25, -0.2) is 4.79 Å². The average molecular weight is 356 g/mol. The lowest BCUT2D eigenvalue weighted by Crippen LogP contribution is -2.45. The minimum absolute atomic E-state index is 0.402. The van der Waals surface area contributed by atoms with E-state index in [0.29, 0.717) is 23.0 Å². The van der Waals surface area contributed by atoms with E-state index in [2.05, 4.69) is 10.6 Å². The van der Waals surface area contributed by atoms with Gasteiger partial charge in [0.05, 0.1) is 25.3 Å². The van der Waals surface area contributed by atoms with E-state index < -0.39 is 12.0 Å². The number of carbonyl (C=O) groups is 1. The van der Waals surface area contributed by atoms with Crippen LogP contribution in [0.4, 0.5) is 0 Å². The van der Waals surface area contributed by atoms with Crippen molar-refractivity contribution in [3.8, 4) is 5.75 Å². The van der Waals surface area contributed by atoms with Crippen LogP contribution in [0.2, 0.25) is 0 Å². The Morgan fingerprint density at radius 3 is 2.72 bits per heavy atom. The molecule has 130 valence electrons. The summed E-state index contributed by atoms with van der Waals surface area (Å²) in [5.41, 5.74) is 2.05. The van der Waals surface area contributed by atoms with Crippen molar-refractivity contribution in [2.24, 2.45) is 0 Å². The first-order valence-electron chi connectivity index (χ1n) is 8.07. The highest BCUT2D eigenvalue weighted by atomic mass is 32.1. The Morgan fingerprint density at radius 1 is 1.24 bits per heavy atom. The molecule has 1 atom stereocenters. The van der Waals surface area contributed by atoms with Crippen molar-refractivity contribution in [3.05, 3.63) is 53.2 Å². The van der Waals surface area contributed by atoms with Gasteiger partial charge in [0.25, 0.3) is 0 Å². The summed E-state index contributed by atoms with van der Waals surface area (Å²) in [6.45, 7) is 4.27. The van der Waals surface area contributed by atoms with E-state index in [4.69, 9.17) is 21.7 Å². The minimum atomic E-state index is -0.450. The van der Waals surface area contributed by atoms with E-state index >= 15 is 0 Å². The van der Waals surface area contributed by atoms with Crippen molar-refractivity contribution in [3.63, 3.8) is 0 Å². The molecule has 0 saturated carbocycles. The van der Waals surface area contributed by atoms with Gasteiger partial charge in [-0.05, 0) is 42.9 Å². The van der Waals surface area contributed by atoms with Gasteiger partial charge < -0.3 is 20.1 Å². The van der Waals surface area contributed by atoms with E-state index in [-0.39, 0.29) is 0 Å². The fourth-order valence-corrected chi connectivity index (χ4v) is 3.42. The van der Waals surface area contributed by atoms with Gasteiger partial charge in [-0.3, -0.25) is 0 Å². The van der Waals surface area contributed by atoms with Crippen molar-refractivity contribution in [2.75, 3.05) is 13.7 Å². The second kappa shape index (κ2) is 7.11. The Bertz CT molecular complexity index is 876. The second-order valence-electron chi connectivity index (χ2n) is 5.69. The fourth-order valence-electron chi connectivity index (χ4n) is 3.15. The van der Waals surface area contributed by atoms with E-state index in [1.54, 1.807) is 0 Å². The van der Waals surface area contributed by atoms with Crippen LogP contribution < -0.4 is 15.4 Å². The number of thiocarbonyl (C=S) groups is 1. The quantitative estimate of drug-likeness (QED) is 0.648. The topological polar surface area (TPSA) is 59.6 Å². The highest BCUT2D eigenvalue weighted by Crippen LogP contribution is 2.38. The molecule has 0 aromatic heterocycles. The van der Waals surface area contributed by atoms with Gasteiger partial charge in [-0.1, -0.05) is 30.3 Å². The van der Waals surface area contributed by atoms with E-state index in [0.717, 1.165) is 22.1 Å². The van der Waals surface area contributed by atoms with Crippen molar-refractivity contribution in [1.82, 2.24) is 10.6 Å². The van der Waals surface area contributed by atoms with E-state index in [1.807, 2.05) is 50.2 Å². The van der Waals surface area contributed by atoms with Crippen molar-refractivity contribution in [2.45, 2.75) is 19.9 Å². The third-order valence-corrected chi connectivity index (χ3v) is 4.41.